The van der Waals surface area contributed by atoms with Gasteiger partial charge in [0.15, 0.2) is 0 Å². The topological polar surface area (TPSA) is 64.6 Å². The average molecular weight is 382 g/mol. The molecule has 0 saturated heterocycles. The molecule has 5 nitrogen and oxygen atoms in total. The number of aryl methyl sites for hydroxylation is 1. The molecule has 0 spiro atoms. The monoisotopic (exact) mass is 381 g/mol. The lowest BCUT2D eigenvalue weighted by molar-refractivity contribution is 0.169. The number of benzene rings is 2. The van der Waals surface area contributed by atoms with E-state index in [2.05, 4.69) is 46.7 Å². The van der Waals surface area contributed by atoms with Crippen molar-refractivity contribution in [3.8, 4) is 5.75 Å². The summed E-state index contributed by atoms with van der Waals surface area (Å²) in [6.45, 7) is 5.50. The van der Waals surface area contributed by atoms with Crippen LogP contribution in [0.25, 0.3) is 0 Å². The Kier molecular flexibility index (Phi) is 7.31. The second-order valence-electron chi connectivity index (χ2n) is 7.46. The summed E-state index contributed by atoms with van der Waals surface area (Å²) in [6, 6.07) is 16.1. The van der Waals surface area contributed by atoms with E-state index in [0.717, 1.165) is 44.3 Å². The van der Waals surface area contributed by atoms with E-state index >= 15 is 0 Å². The molecule has 5 heteroatoms. The Labute approximate surface area is 167 Å². The molecule has 2 aromatic carbocycles. The van der Waals surface area contributed by atoms with Crippen LogP contribution >= 0.6 is 0 Å². The molecule has 28 heavy (non-hydrogen) atoms. The maximum Gasteiger partial charge on any atom is 0.314 e. The number of phenolic OH excluding ortho intramolecular Hbond substituents is 1. The van der Waals surface area contributed by atoms with E-state index in [0.29, 0.717) is 19.1 Å². The van der Waals surface area contributed by atoms with Crippen molar-refractivity contribution in [2.45, 2.75) is 45.2 Å². The fraction of sp³-hybridized carbons (Fsp3) is 0.435. The zero-order valence-electron chi connectivity index (χ0n) is 16.7. The molecule has 1 heterocycles. The Morgan fingerprint density at radius 3 is 2.61 bits per heavy atom. The molecule has 0 saturated carbocycles. The second-order valence-corrected chi connectivity index (χ2v) is 7.46. The summed E-state index contributed by atoms with van der Waals surface area (Å²) in [4.78, 5) is 14.6. The molecule has 2 amide bonds. The first kappa shape index (κ1) is 20.2. The van der Waals surface area contributed by atoms with Crippen LogP contribution in [0.4, 0.5) is 4.79 Å². The lowest BCUT2D eigenvalue weighted by atomic mass is 9.98. The maximum absolute atomic E-state index is 12.1. The van der Waals surface area contributed by atoms with Crippen molar-refractivity contribution in [3.05, 3.63) is 65.2 Å². The third-order valence-corrected chi connectivity index (χ3v) is 5.51. The van der Waals surface area contributed by atoms with Gasteiger partial charge in [0.2, 0.25) is 0 Å². The smallest absolute Gasteiger partial charge is 0.314 e. The third kappa shape index (κ3) is 5.73. The molecule has 1 aliphatic rings. The van der Waals surface area contributed by atoms with Crippen LogP contribution < -0.4 is 10.6 Å². The minimum absolute atomic E-state index is 0.0958. The fourth-order valence-corrected chi connectivity index (χ4v) is 3.79. The molecule has 0 aromatic heterocycles. The molecule has 0 radical (unpaired) electrons. The summed E-state index contributed by atoms with van der Waals surface area (Å²) in [5, 5.41) is 15.3. The lowest BCUT2D eigenvalue weighted by Gasteiger charge is -2.35. The minimum atomic E-state index is -0.0958. The molecule has 1 aliphatic heterocycles. The number of phenols is 1. The highest BCUT2D eigenvalue weighted by molar-refractivity contribution is 5.73. The SMILES string of the molecule is CCC(CNC(=O)NCCCc1ccc(O)cc1)N1CCc2ccccc2C1. The number of fused-ring (bicyclic) bond motifs is 1. The number of hydrogen-bond donors (Lipinski definition) is 3. The van der Waals surface area contributed by atoms with Gasteiger partial charge in [-0.25, -0.2) is 4.79 Å². The molecule has 3 N–H and O–H groups in total. The first-order valence-corrected chi connectivity index (χ1v) is 10.3. The number of aromatic hydroxyl groups is 1. The number of rotatable bonds is 8. The van der Waals surface area contributed by atoms with Crippen LogP contribution in [0.1, 0.15) is 36.5 Å². The predicted molar refractivity (Wildman–Crippen MR) is 112 cm³/mol. The molecule has 150 valence electrons. The third-order valence-electron chi connectivity index (χ3n) is 5.51. The Morgan fingerprint density at radius 1 is 1.11 bits per heavy atom. The zero-order chi connectivity index (χ0) is 19.8. The minimum Gasteiger partial charge on any atom is -0.508 e. The van der Waals surface area contributed by atoms with Crippen molar-refractivity contribution >= 4 is 6.03 Å². The van der Waals surface area contributed by atoms with Crippen LogP contribution in [-0.4, -0.2) is 41.7 Å². The van der Waals surface area contributed by atoms with Crippen molar-refractivity contribution < 1.29 is 9.90 Å². The molecule has 0 aliphatic carbocycles. The predicted octanol–water partition coefficient (Wildman–Crippen LogP) is 3.46. The number of nitrogens with zero attached hydrogens (tertiary/aromatic N) is 1. The van der Waals surface area contributed by atoms with Crippen LogP contribution in [-0.2, 0) is 19.4 Å². The van der Waals surface area contributed by atoms with E-state index in [1.54, 1.807) is 12.1 Å². The number of nitrogens with one attached hydrogen (secondary N) is 2. The Morgan fingerprint density at radius 2 is 1.86 bits per heavy atom. The van der Waals surface area contributed by atoms with Gasteiger partial charge in [0, 0.05) is 32.2 Å². The van der Waals surface area contributed by atoms with Crippen LogP contribution in [0.2, 0.25) is 0 Å². The molecular formula is C23H31N3O2. The highest BCUT2D eigenvalue weighted by Gasteiger charge is 2.22. The second kappa shape index (κ2) is 10.1. The van der Waals surface area contributed by atoms with Gasteiger partial charge < -0.3 is 15.7 Å². The molecule has 1 unspecified atom stereocenters. The Bertz CT molecular complexity index is 761. The Balaban J connectivity index is 1.36. The van der Waals surface area contributed by atoms with Gasteiger partial charge in [-0.3, -0.25) is 4.90 Å². The van der Waals surface area contributed by atoms with Gasteiger partial charge in [0.1, 0.15) is 5.75 Å². The van der Waals surface area contributed by atoms with Crippen LogP contribution in [0.15, 0.2) is 48.5 Å². The van der Waals surface area contributed by atoms with E-state index in [1.807, 2.05) is 12.1 Å². The Hall–Kier alpha value is -2.53. The lowest BCUT2D eigenvalue weighted by Crippen LogP contribution is -2.47. The average Bonchev–Trinajstić information content (AvgIpc) is 2.73. The maximum atomic E-state index is 12.1. The van der Waals surface area contributed by atoms with Crippen molar-refractivity contribution in [2.24, 2.45) is 0 Å². The summed E-state index contributed by atoms with van der Waals surface area (Å²) < 4.78 is 0. The van der Waals surface area contributed by atoms with Crippen molar-refractivity contribution in [3.63, 3.8) is 0 Å². The molecule has 3 rings (SSSR count). The normalized spacial score (nSPS) is 14.9. The molecule has 0 fully saturated rings. The van der Waals surface area contributed by atoms with Crippen LogP contribution in [0.5, 0.6) is 5.75 Å². The molecule has 2 aromatic rings. The number of hydrogen-bond acceptors (Lipinski definition) is 3. The van der Waals surface area contributed by atoms with Gasteiger partial charge in [-0.15, -0.1) is 0 Å². The van der Waals surface area contributed by atoms with Gasteiger partial charge in [-0.05, 0) is 54.5 Å². The number of carbonyl (C=O) groups excluding carboxylic acids is 1. The van der Waals surface area contributed by atoms with Crippen LogP contribution in [0.3, 0.4) is 0 Å². The number of amides is 2. The number of urea groups is 1. The van der Waals surface area contributed by atoms with Gasteiger partial charge in [0.25, 0.3) is 0 Å². The van der Waals surface area contributed by atoms with Crippen molar-refractivity contribution in [1.29, 1.82) is 0 Å². The summed E-state index contributed by atoms with van der Waals surface area (Å²) in [7, 11) is 0. The largest absolute Gasteiger partial charge is 0.508 e. The highest BCUT2D eigenvalue weighted by atomic mass is 16.3. The summed E-state index contributed by atoms with van der Waals surface area (Å²) in [6.07, 6.45) is 3.85. The number of carbonyl (C=O) groups is 1. The van der Waals surface area contributed by atoms with Gasteiger partial charge >= 0.3 is 6.03 Å². The molecule has 1 atom stereocenters. The van der Waals surface area contributed by atoms with E-state index in [4.69, 9.17) is 0 Å². The van der Waals surface area contributed by atoms with Gasteiger partial charge in [-0.2, -0.15) is 0 Å². The van der Waals surface area contributed by atoms with E-state index in [9.17, 15) is 9.90 Å². The summed E-state index contributed by atoms with van der Waals surface area (Å²) in [5.74, 6) is 0.281. The molecule has 0 bridgehead atoms. The standard InChI is InChI=1S/C23H31N3O2/c1-2-21(26-15-13-19-7-3-4-8-20(19)17-26)16-25-23(28)24-14-5-6-18-9-11-22(27)12-10-18/h3-4,7-12,21,27H,2,5-6,13-17H2,1H3,(H2,24,25,28). The molecular weight excluding hydrogens is 350 g/mol. The first-order valence-electron chi connectivity index (χ1n) is 10.3. The fourth-order valence-electron chi connectivity index (χ4n) is 3.79. The highest BCUT2D eigenvalue weighted by Crippen LogP contribution is 2.21. The van der Waals surface area contributed by atoms with E-state index < -0.39 is 0 Å². The van der Waals surface area contributed by atoms with Crippen molar-refractivity contribution in [2.75, 3.05) is 19.6 Å². The van der Waals surface area contributed by atoms with E-state index in [1.165, 1.54) is 11.1 Å². The van der Waals surface area contributed by atoms with Crippen LogP contribution in [0, 0.1) is 0 Å². The van der Waals surface area contributed by atoms with Crippen molar-refractivity contribution in [1.82, 2.24) is 15.5 Å². The summed E-state index contributed by atoms with van der Waals surface area (Å²) in [5.41, 5.74) is 4.02. The van der Waals surface area contributed by atoms with E-state index in [-0.39, 0.29) is 11.8 Å². The summed E-state index contributed by atoms with van der Waals surface area (Å²) >= 11 is 0. The first-order chi connectivity index (χ1) is 13.7. The zero-order valence-corrected chi connectivity index (χ0v) is 16.7. The van der Waals surface area contributed by atoms with Gasteiger partial charge in [-0.1, -0.05) is 43.3 Å². The quantitative estimate of drug-likeness (QED) is 0.614. The van der Waals surface area contributed by atoms with Gasteiger partial charge in [0.05, 0.1) is 0 Å².